The zero-order chi connectivity index (χ0) is 12.1. The molecule has 4 heteroatoms. The normalized spacial score (nSPS) is 29.5. The minimum Gasteiger partial charge on any atom is -0.374 e. The van der Waals surface area contributed by atoms with Gasteiger partial charge in [0.2, 0.25) is 0 Å². The SMILES string of the molecule is CN1CCOC(C(NN)C2=CCCCCC2)C1. The van der Waals surface area contributed by atoms with Crippen LogP contribution < -0.4 is 11.3 Å². The van der Waals surface area contributed by atoms with E-state index in [2.05, 4.69) is 23.4 Å². The molecule has 98 valence electrons. The Morgan fingerprint density at radius 2 is 2.35 bits per heavy atom. The molecule has 2 atom stereocenters. The summed E-state index contributed by atoms with van der Waals surface area (Å²) in [6.45, 7) is 2.80. The molecule has 0 amide bonds. The number of morpholine rings is 1. The van der Waals surface area contributed by atoms with Crippen molar-refractivity contribution < 1.29 is 4.74 Å². The van der Waals surface area contributed by atoms with E-state index in [-0.39, 0.29) is 12.1 Å². The van der Waals surface area contributed by atoms with E-state index in [1.165, 1.54) is 37.7 Å². The first kappa shape index (κ1) is 13.0. The van der Waals surface area contributed by atoms with Crippen molar-refractivity contribution in [2.24, 2.45) is 5.84 Å². The van der Waals surface area contributed by atoms with Gasteiger partial charge >= 0.3 is 0 Å². The third-order valence-electron chi connectivity index (χ3n) is 3.82. The van der Waals surface area contributed by atoms with Crippen LogP contribution in [0.3, 0.4) is 0 Å². The van der Waals surface area contributed by atoms with E-state index in [0.29, 0.717) is 0 Å². The fourth-order valence-electron chi connectivity index (χ4n) is 2.79. The summed E-state index contributed by atoms with van der Waals surface area (Å²) in [5.41, 5.74) is 4.42. The fourth-order valence-corrected chi connectivity index (χ4v) is 2.79. The predicted octanol–water partition coefficient (Wildman–Crippen LogP) is 1.04. The van der Waals surface area contributed by atoms with Gasteiger partial charge in [0.25, 0.3) is 0 Å². The quantitative estimate of drug-likeness (QED) is 0.439. The Morgan fingerprint density at radius 1 is 1.47 bits per heavy atom. The van der Waals surface area contributed by atoms with Crippen LogP contribution in [0, 0.1) is 0 Å². The van der Waals surface area contributed by atoms with Crippen LogP contribution in [0.1, 0.15) is 32.1 Å². The van der Waals surface area contributed by atoms with Gasteiger partial charge in [-0.1, -0.05) is 18.1 Å². The third-order valence-corrected chi connectivity index (χ3v) is 3.82. The smallest absolute Gasteiger partial charge is 0.0906 e. The second-order valence-corrected chi connectivity index (χ2v) is 5.19. The summed E-state index contributed by atoms with van der Waals surface area (Å²) in [6.07, 6.45) is 8.86. The molecule has 1 heterocycles. The van der Waals surface area contributed by atoms with E-state index in [0.717, 1.165) is 19.7 Å². The monoisotopic (exact) mass is 239 g/mol. The van der Waals surface area contributed by atoms with Crippen molar-refractivity contribution in [2.75, 3.05) is 26.7 Å². The zero-order valence-corrected chi connectivity index (χ0v) is 10.8. The first-order chi connectivity index (χ1) is 8.31. The molecule has 0 spiro atoms. The van der Waals surface area contributed by atoms with Crippen LogP contribution in [-0.2, 0) is 4.74 Å². The number of nitrogens with zero attached hydrogens (tertiary/aromatic N) is 1. The van der Waals surface area contributed by atoms with Gasteiger partial charge in [-0.3, -0.25) is 11.3 Å². The van der Waals surface area contributed by atoms with Crippen LogP contribution in [0.25, 0.3) is 0 Å². The van der Waals surface area contributed by atoms with E-state index < -0.39 is 0 Å². The number of nitrogens with two attached hydrogens (primary N) is 1. The lowest BCUT2D eigenvalue weighted by molar-refractivity contribution is -0.0327. The number of hydrazine groups is 1. The number of rotatable bonds is 3. The Bertz CT molecular complexity index is 267. The molecular weight excluding hydrogens is 214 g/mol. The third kappa shape index (κ3) is 3.52. The van der Waals surface area contributed by atoms with E-state index in [9.17, 15) is 0 Å². The first-order valence-corrected chi connectivity index (χ1v) is 6.76. The number of likely N-dealkylation sites (N-methyl/N-ethyl adjacent to an activating group) is 1. The maximum Gasteiger partial charge on any atom is 0.0906 e. The molecule has 1 saturated heterocycles. The summed E-state index contributed by atoms with van der Waals surface area (Å²) in [5, 5.41) is 0. The van der Waals surface area contributed by atoms with Crippen molar-refractivity contribution in [2.45, 2.75) is 44.2 Å². The molecule has 1 fully saturated rings. The standard InChI is InChI=1S/C13H25N3O/c1-16-8-9-17-12(10-16)13(15-14)11-6-4-2-3-5-7-11/h6,12-13,15H,2-5,7-10,14H2,1H3. The Hall–Kier alpha value is -0.420. The van der Waals surface area contributed by atoms with Crippen LogP contribution in [0.2, 0.25) is 0 Å². The average molecular weight is 239 g/mol. The second kappa shape index (κ2) is 6.50. The molecule has 3 N–H and O–H groups in total. The fraction of sp³-hybridized carbons (Fsp3) is 0.846. The average Bonchev–Trinajstić information content (AvgIpc) is 2.59. The lowest BCUT2D eigenvalue weighted by atomic mass is 9.96. The first-order valence-electron chi connectivity index (χ1n) is 6.76. The molecule has 0 aromatic carbocycles. The Labute approximate surface area is 104 Å². The van der Waals surface area contributed by atoms with Crippen LogP contribution in [0.15, 0.2) is 11.6 Å². The number of ether oxygens (including phenoxy) is 1. The van der Waals surface area contributed by atoms with Gasteiger partial charge < -0.3 is 9.64 Å². The summed E-state index contributed by atoms with van der Waals surface area (Å²) >= 11 is 0. The topological polar surface area (TPSA) is 50.5 Å². The van der Waals surface area contributed by atoms with Gasteiger partial charge in [0.05, 0.1) is 18.8 Å². The molecule has 0 aromatic heterocycles. The van der Waals surface area contributed by atoms with Crippen molar-refractivity contribution in [3.05, 3.63) is 11.6 Å². The van der Waals surface area contributed by atoms with E-state index in [1.807, 2.05) is 0 Å². The van der Waals surface area contributed by atoms with Gasteiger partial charge in [-0.25, -0.2) is 0 Å². The van der Waals surface area contributed by atoms with Crippen molar-refractivity contribution >= 4 is 0 Å². The molecule has 4 nitrogen and oxygen atoms in total. The summed E-state index contributed by atoms with van der Waals surface area (Å²) in [7, 11) is 2.14. The maximum absolute atomic E-state index is 5.87. The maximum atomic E-state index is 5.87. The lowest BCUT2D eigenvalue weighted by Crippen LogP contribution is -2.53. The van der Waals surface area contributed by atoms with Crippen molar-refractivity contribution in [3.8, 4) is 0 Å². The molecular formula is C13H25N3O. The van der Waals surface area contributed by atoms with E-state index in [1.54, 1.807) is 0 Å². The highest BCUT2D eigenvalue weighted by Gasteiger charge is 2.28. The molecule has 1 aliphatic heterocycles. The van der Waals surface area contributed by atoms with Gasteiger partial charge in [0, 0.05) is 13.1 Å². The molecule has 1 aliphatic carbocycles. The highest BCUT2D eigenvalue weighted by molar-refractivity contribution is 5.14. The molecule has 0 saturated carbocycles. The number of nitrogens with one attached hydrogen (secondary N) is 1. The summed E-state index contributed by atoms with van der Waals surface area (Å²) in [4.78, 5) is 2.32. The second-order valence-electron chi connectivity index (χ2n) is 5.19. The molecule has 17 heavy (non-hydrogen) atoms. The van der Waals surface area contributed by atoms with Gasteiger partial charge in [-0.05, 0) is 32.7 Å². The highest BCUT2D eigenvalue weighted by Crippen LogP contribution is 2.23. The molecule has 2 unspecified atom stereocenters. The van der Waals surface area contributed by atoms with E-state index in [4.69, 9.17) is 10.6 Å². The largest absolute Gasteiger partial charge is 0.374 e. The van der Waals surface area contributed by atoms with Crippen LogP contribution in [0.4, 0.5) is 0 Å². The van der Waals surface area contributed by atoms with Gasteiger partial charge in [0.1, 0.15) is 0 Å². The Morgan fingerprint density at radius 3 is 3.12 bits per heavy atom. The Balaban J connectivity index is 2.01. The van der Waals surface area contributed by atoms with Crippen molar-refractivity contribution in [1.82, 2.24) is 10.3 Å². The zero-order valence-electron chi connectivity index (χ0n) is 10.8. The number of hydrogen-bond acceptors (Lipinski definition) is 4. The number of hydrogen-bond donors (Lipinski definition) is 2. The molecule has 0 bridgehead atoms. The minimum atomic E-state index is 0.191. The van der Waals surface area contributed by atoms with Gasteiger partial charge in [-0.15, -0.1) is 0 Å². The molecule has 2 aliphatic rings. The van der Waals surface area contributed by atoms with Crippen molar-refractivity contribution in [3.63, 3.8) is 0 Å². The van der Waals surface area contributed by atoms with Gasteiger partial charge in [-0.2, -0.15) is 0 Å². The Kier molecular flexibility index (Phi) is 4.98. The van der Waals surface area contributed by atoms with Crippen LogP contribution >= 0.6 is 0 Å². The predicted molar refractivity (Wildman–Crippen MR) is 69.5 cm³/mol. The number of allylic oxidation sites excluding steroid dienone is 1. The minimum absolute atomic E-state index is 0.191. The van der Waals surface area contributed by atoms with Crippen LogP contribution in [-0.4, -0.2) is 43.8 Å². The molecule has 0 aromatic rings. The van der Waals surface area contributed by atoms with Gasteiger partial charge in [0.15, 0.2) is 0 Å². The highest BCUT2D eigenvalue weighted by atomic mass is 16.5. The lowest BCUT2D eigenvalue weighted by Gasteiger charge is -2.36. The van der Waals surface area contributed by atoms with Crippen LogP contribution in [0.5, 0.6) is 0 Å². The summed E-state index contributed by atoms with van der Waals surface area (Å²) in [6, 6.07) is 0.191. The molecule has 0 radical (unpaired) electrons. The molecule has 2 rings (SSSR count). The summed E-state index contributed by atoms with van der Waals surface area (Å²) < 4.78 is 5.87. The summed E-state index contributed by atoms with van der Waals surface area (Å²) in [5.74, 6) is 5.74. The van der Waals surface area contributed by atoms with E-state index >= 15 is 0 Å². The van der Waals surface area contributed by atoms with Crippen molar-refractivity contribution in [1.29, 1.82) is 0 Å².